The second-order valence-corrected chi connectivity index (χ2v) is 5.71. The van der Waals surface area contributed by atoms with E-state index in [0.717, 1.165) is 18.4 Å². The van der Waals surface area contributed by atoms with Crippen molar-refractivity contribution in [2.45, 2.75) is 25.4 Å². The van der Waals surface area contributed by atoms with Crippen molar-refractivity contribution in [3.8, 4) is 0 Å². The molecule has 2 aromatic rings. The highest BCUT2D eigenvalue weighted by atomic mass is 16.5. The van der Waals surface area contributed by atoms with E-state index in [1.807, 2.05) is 17.0 Å². The number of pyridine rings is 1. The summed E-state index contributed by atoms with van der Waals surface area (Å²) in [6, 6.07) is 6.78. The first-order chi connectivity index (χ1) is 11.7. The highest BCUT2D eigenvalue weighted by molar-refractivity contribution is 5.92. The quantitative estimate of drug-likeness (QED) is 0.826. The number of nitrogens with zero attached hydrogens (tertiary/aromatic N) is 4. The number of amides is 1. The van der Waals surface area contributed by atoms with Crippen LogP contribution in [0.25, 0.3) is 0 Å². The molecule has 7 heteroatoms. The molecule has 1 amide bonds. The zero-order chi connectivity index (χ0) is 16.9. The largest absolute Gasteiger partial charge is 0.383 e. The first-order valence-corrected chi connectivity index (χ1v) is 7.98. The van der Waals surface area contributed by atoms with Gasteiger partial charge in [-0.15, -0.1) is 0 Å². The van der Waals surface area contributed by atoms with Crippen molar-refractivity contribution < 1.29 is 9.53 Å². The molecule has 1 fully saturated rings. The molecular formula is C17H20N4O3. The average Bonchev–Trinajstić information content (AvgIpc) is 3.11. The molecule has 126 valence electrons. The predicted molar refractivity (Wildman–Crippen MR) is 87.6 cm³/mol. The molecule has 7 nitrogen and oxygen atoms in total. The Bertz CT molecular complexity index is 760. The van der Waals surface area contributed by atoms with Crippen LogP contribution < -0.4 is 5.56 Å². The van der Waals surface area contributed by atoms with Gasteiger partial charge < -0.3 is 9.64 Å². The molecule has 24 heavy (non-hydrogen) atoms. The van der Waals surface area contributed by atoms with Crippen LogP contribution in [-0.2, 0) is 11.3 Å². The Labute approximate surface area is 139 Å². The van der Waals surface area contributed by atoms with Gasteiger partial charge in [0.1, 0.15) is 5.69 Å². The molecule has 2 aromatic heterocycles. The molecule has 0 spiro atoms. The van der Waals surface area contributed by atoms with Crippen molar-refractivity contribution in [2.75, 3.05) is 20.3 Å². The summed E-state index contributed by atoms with van der Waals surface area (Å²) in [4.78, 5) is 30.5. The fraction of sp³-hybridized carbons (Fsp3) is 0.412. The van der Waals surface area contributed by atoms with E-state index < -0.39 is 0 Å². The summed E-state index contributed by atoms with van der Waals surface area (Å²) in [5.74, 6) is -0.152. The van der Waals surface area contributed by atoms with Crippen LogP contribution in [0.3, 0.4) is 0 Å². The van der Waals surface area contributed by atoms with Gasteiger partial charge in [-0.3, -0.25) is 14.6 Å². The molecule has 0 radical (unpaired) electrons. The Hall–Kier alpha value is -2.54. The van der Waals surface area contributed by atoms with Crippen molar-refractivity contribution in [3.05, 3.63) is 58.3 Å². The average molecular weight is 328 g/mol. The zero-order valence-electron chi connectivity index (χ0n) is 13.6. The maximum atomic E-state index is 12.9. The minimum Gasteiger partial charge on any atom is -0.383 e. The van der Waals surface area contributed by atoms with Crippen molar-refractivity contribution in [3.63, 3.8) is 0 Å². The number of hydrogen-bond donors (Lipinski definition) is 0. The Balaban J connectivity index is 1.84. The van der Waals surface area contributed by atoms with E-state index in [2.05, 4.69) is 10.1 Å². The Kier molecular flexibility index (Phi) is 5.00. The molecule has 3 rings (SSSR count). The van der Waals surface area contributed by atoms with Gasteiger partial charge in [-0.2, -0.15) is 5.10 Å². The summed E-state index contributed by atoms with van der Waals surface area (Å²) in [5, 5.41) is 4.20. The SMILES string of the molecule is COCCn1nc(C(=O)N2CCC[C@@H]2c2ccncc2)ccc1=O. The molecule has 0 aromatic carbocycles. The molecule has 0 saturated carbocycles. The van der Waals surface area contributed by atoms with Crippen LogP contribution in [-0.4, -0.2) is 45.8 Å². The number of methoxy groups -OCH3 is 1. The first-order valence-electron chi connectivity index (χ1n) is 7.98. The molecule has 0 aliphatic carbocycles. The van der Waals surface area contributed by atoms with Crippen LogP contribution in [0.15, 0.2) is 41.5 Å². The van der Waals surface area contributed by atoms with Crippen molar-refractivity contribution >= 4 is 5.91 Å². The van der Waals surface area contributed by atoms with Crippen LogP contribution in [0.4, 0.5) is 0 Å². The monoisotopic (exact) mass is 328 g/mol. The fourth-order valence-corrected chi connectivity index (χ4v) is 2.99. The lowest BCUT2D eigenvalue weighted by molar-refractivity contribution is 0.0725. The highest BCUT2D eigenvalue weighted by Crippen LogP contribution is 2.32. The van der Waals surface area contributed by atoms with Crippen molar-refractivity contribution in [1.29, 1.82) is 0 Å². The smallest absolute Gasteiger partial charge is 0.274 e. The van der Waals surface area contributed by atoms with Gasteiger partial charge in [-0.1, -0.05) is 0 Å². The summed E-state index contributed by atoms with van der Waals surface area (Å²) >= 11 is 0. The van der Waals surface area contributed by atoms with E-state index in [4.69, 9.17) is 4.74 Å². The summed E-state index contributed by atoms with van der Waals surface area (Å²) in [6.45, 7) is 1.38. The molecule has 1 aliphatic heterocycles. The number of carbonyl (C=O) groups excluding carboxylic acids is 1. The number of hydrogen-bond acceptors (Lipinski definition) is 5. The molecule has 3 heterocycles. The Morgan fingerprint density at radius 2 is 2.08 bits per heavy atom. The topological polar surface area (TPSA) is 77.3 Å². The normalized spacial score (nSPS) is 17.2. The first kappa shape index (κ1) is 16.3. The van der Waals surface area contributed by atoms with Gasteiger partial charge in [-0.05, 0) is 36.6 Å². The lowest BCUT2D eigenvalue weighted by atomic mass is 10.1. The van der Waals surface area contributed by atoms with Crippen LogP contribution in [0.2, 0.25) is 0 Å². The maximum Gasteiger partial charge on any atom is 0.274 e. The third-order valence-corrected chi connectivity index (χ3v) is 4.20. The van der Waals surface area contributed by atoms with Gasteiger partial charge in [0.2, 0.25) is 0 Å². The molecular weight excluding hydrogens is 308 g/mol. The summed E-state index contributed by atoms with van der Waals surface area (Å²) in [5.41, 5.74) is 1.12. The van der Waals surface area contributed by atoms with E-state index in [1.54, 1.807) is 19.5 Å². The number of ether oxygens (including phenoxy) is 1. The van der Waals surface area contributed by atoms with E-state index in [0.29, 0.717) is 19.7 Å². The third kappa shape index (κ3) is 3.35. The number of likely N-dealkylation sites (tertiary alicyclic amines) is 1. The van der Waals surface area contributed by atoms with Crippen LogP contribution in [0.1, 0.15) is 34.9 Å². The fourth-order valence-electron chi connectivity index (χ4n) is 2.99. The second kappa shape index (κ2) is 7.35. The summed E-state index contributed by atoms with van der Waals surface area (Å²) < 4.78 is 6.25. The van der Waals surface area contributed by atoms with E-state index in [1.165, 1.54) is 16.8 Å². The Morgan fingerprint density at radius 3 is 2.83 bits per heavy atom. The lowest BCUT2D eigenvalue weighted by Gasteiger charge is -2.24. The summed E-state index contributed by atoms with van der Waals surface area (Å²) in [6.07, 6.45) is 5.33. The Morgan fingerprint density at radius 1 is 1.29 bits per heavy atom. The highest BCUT2D eigenvalue weighted by Gasteiger charge is 2.31. The molecule has 0 N–H and O–H groups in total. The van der Waals surface area contributed by atoms with Gasteiger partial charge in [0.25, 0.3) is 11.5 Å². The van der Waals surface area contributed by atoms with E-state index in [-0.39, 0.29) is 23.2 Å². The predicted octanol–water partition coefficient (Wildman–Crippen LogP) is 1.26. The minimum absolute atomic E-state index is 0.0293. The molecule has 1 saturated heterocycles. The van der Waals surface area contributed by atoms with Crippen LogP contribution >= 0.6 is 0 Å². The summed E-state index contributed by atoms with van der Waals surface area (Å²) in [7, 11) is 1.56. The van der Waals surface area contributed by atoms with Gasteiger partial charge in [0, 0.05) is 32.1 Å². The molecule has 1 aliphatic rings. The van der Waals surface area contributed by atoms with Gasteiger partial charge in [0.05, 0.1) is 19.2 Å². The maximum absolute atomic E-state index is 12.9. The van der Waals surface area contributed by atoms with Crippen molar-refractivity contribution in [1.82, 2.24) is 19.7 Å². The second-order valence-electron chi connectivity index (χ2n) is 5.71. The minimum atomic E-state index is -0.240. The van der Waals surface area contributed by atoms with Gasteiger partial charge in [0.15, 0.2) is 0 Å². The van der Waals surface area contributed by atoms with E-state index in [9.17, 15) is 9.59 Å². The van der Waals surface area contributed by atoms with Crippen LogP contribution in [0.5, 0.6) is 0 Å². The molecule has 0 bridgehead atoms. The van der Waals surface area contributed by atoms with Crippen molar-refractivity contribution in [2.24, 2.45) is 0 Å². The number of rotatable bonds is 5. The van der Waals surface area contributed by atoms with Gasteiger partial charge in [-0.25, -0.2) is 4.68 Å². The molecule has 0 unspecified atom stereocenters. The van der Waals surface area contributed by atoms with E-state index >= 15 is 0 Å². The lowest BCUT2D eigenvalue weighted by Crippen LogP contribution is -2.34. The third-order valence-electron chi connectivity index (χ3n) is 4.20. The number of carbonyl (C=O) groups is 1. The van der Waals surface area contributed by atoms with Gasteiger partial charge >= 0.3 is 0 Å². The molecule has 1 atom stereocenters. The zero-order valence-corrected chi connectivity index (χ0v) is 13.6. The van der Waals surface area contributed by atoms with Crippen LogP contribution in [0, 0.1) is 0 Å². The number of aromatic nitrogens is 3. The standard InChI is InChI=1S/C17H20N4O3/c1-24-12-11-21-16(22)5-4-14(19-21)17(23)20-10-2-3-15(20)13-6-8-18-9-7-13/h4-9,15H,2-3,10-12H2,1H3/t15-/m1/s1.